The number of halogens is 1. The summed E-state index contributed by atoms with van der Waals surface area (Å²) in [5.74, 6) is -0.0215. The normalized spacial score (nSPS) is 10.0. The number of nitrogen functional groups attached to an aromatic ring is 1. The monoisotopic (exact) mass is 291 g/mol. The summed E-state index contributed by atoms with van der Waals surface area (Å²) in [6, 6.07) is 5.60. The van der Waals surface area contributed by atoms with Crippen LogP contribution in [-0.4, -0.2) is 25.1 Å². The van der Waals surface area contributed by atoms with E-state index in [4.69, 9.17) is 15.2 Å². The number of amides is 1. The molecule has 2 rings (SSSR count). The molecule has 1 heterocycles. The van der Waals surface area contributed by atoms with Crippen LogP contribution in [0.15, 0.2) is 30.5 Å². The average Bonchev–Trinajstić information content (AvgIpc) is 2.49. The number of nitrogens with one attached hydrogen (secondary N) is 1. The van der Waals surface area contributed by atoms with Crippen LogP contribution in [0, 0.1) is 5.82 Å². The highest BCUT2D eigenvalue weighted by Crippen LogP contribution is 2.31. The second-order valence-corrected chi connectivity index (χ2v) is 4.11. The van der Waals surface area contributed by atoms with E-state index in [-0.39, 0.29) is 17.1 Å². The Labute approximate surface area is 120 Å². The fourth-order valence-corrected chi connectivity index (χ4v) is 1.71. The molecule has 0 unspecified atom stereocenters. The summed E-state index contributed by atoms with van der Waals surface area (Å²) < 4.78 is 23.0. The molecule has 0 aliphatic rings. The molecule has 0 saturated heterocycles. The van der Waals surface area contributed by atoms with Crippen molar-refractivity contribution in [3.05, 3.63) is 41.8 Å². The van der Waals surface area contributed by atoms with Crippen LogP contribution in [0.25, 0.3) is 0 Å². The Hall–Kier alpha value is -2.83. The number of aromatic nitrogens is 1. The van der Waals surface area contributed by atoms with Crippen LogP contribution >= 0.6 is 0 Å². The first-order chi connectivity index (χ1) is 10.0. The van der Waals surface area contributed by atoms with Crippen molar-refractivity contribution in [3.63, 3.8) is 0 Å². The SMILES string of the molecule is COc1cc(OC)c(N)c(C(=O)Nc2ccc(F)cn2)c1. The quantitative estimate of drug-likeness (QED) is 0.842. The Morgan fingerprint density at radius 2 is 2.05 bits per heavy atom. The molecule has 110 valence electrons. The summed E-state index contributed by atoms with van der Waals surface area (Å²) in [4.78, 5) is 16.0. The molecule has 0 saturated carbocycles. The summed E-state index contributed by atoms with van der Waals surface area (Å²) in [6.45, 7) is 0. The van der Waals surface area contributed by atoms with Crippen molar-refractivity contribution in [2.24, 2.45) is 0 Å². The van der Waals surface area contributed by atoms with Gasteiger partial charge >= 0.3 is 0 Å². The van der Waals surface area contributed by atoms with Gasteiger partial charge in [0.2, 0.25) is 0 Å². The zero-order valence-corrected chi connectivity index (χ0v) is 11.5. The maximum Gasteiger partial charge on any atom is 0.259 e. The molecule has 0 radical (unpaired) electrons. The smallest absolute Gasteiger partial charge is 0.259 e. The molecule has 0 atom stereocenters. The van der Waals surface area contributed by atoms with Gasteiger partial charge in [-0.25, -0.2) is 9.37 Å². The van der Waals surface area contributed by atoms with E-state index in [0.717, 1.165) is 6.20 Å². The Kier molecular flexibility index (Phi) is 4.22. The van der Waals surface area contributed by atoms with E-state index in [2.05, 4.69) is 10.3 Å². The van der Waals surface area contributed by atoms with Gasteiger partial charge in [0.15, 0.2) is 0 Å². The highest BCUT2D eigenvalue weighted by atomic mass is 19.1. The molecular weight excluding hydrogens is 277 g/mol. The molecule has 1 amide bonds. The average molecular weight is 291 g/mol. The predicted molar refractivity (Wildman–Crippen MR) is 76.1 cm³/mol. The molecule has 2 aromatic rings. The zero-order chi connectivity index (χ0) is 15.4. The van der Waals surface area contributed by atoms with Crippen LogP contribution in [-0.2, 0) is 0 Å². The third kappa shape index (κ3) is 3.19. The molecule has 1 aromatic heterocycles. The Bertz CT molecular complexity index is 659. The number of methoxy groups -OCH3 is 2. The van der Waals surface area contributed by atoms with Crippen LogP contribution in [0.3, 0.4) is 0 Å². The van der Waals surface area contributed by atoms with Gasteiger partial charge in [-0.2, -0.15) is 0 Å². The van der Waals surface area contributed by atoms with Crippen molar-refractivity contribution in [3.8, 4) is 11.5 Å². The van der Waals surface area contributed by atoms with E-state index in [1.165, 1.54) is 32.4 Å². The molecule has 1 aromatic carbocycles. The van der Waals surface area contributed by atoms with Crippen LogP contribution in [0.2, 0.25) is 0 Å². The first kappa shape index (κ1) is 14.6. The minimum Gasteiger partial charge on any atom is -0.497 e. The Balaban J connectivity index is 2.32. The highest BCUT2D eigenvalue weighted by molar-refractivity contribution is 6.08. The minimum absolute atomic E-state index is 0.178. The maximum absolute atomic E-state index is 12.8. The van der Waals surface area contributed by atoms with Gasteiger partial charge in [-0.15, -0.1) is 0 Å². The molecule has 3 N–H and O–H groups in total. The standard InChI is InChI=1S/C14H14FN3O3/c1-20-9-5-10(13(16)11(6-9)21-2)14(19)18-12-4-3-8(15)7-17-12/h3-7H,16H2,1-2H3,(H,17,18,19). The van der Waals surface area contributed by atoms with Crippen molar-refractivity contribution in [2.75, 3.05) is 25.3 Å². The van der Waals surface area contributed by atoms with E-state index in [9.17, 15) is 9.18 Å². The van der Waals surface area contributed by atoms with E-state index >= 15 is 0 Å². The van der Waals surface area contributed by atoms with E-state index in [0.29, 0.717) is 11.5 Å². The largest absolute Gasteiger partial charge is 0.497 e. The molecule has 21 heavy (non-hydrogen) atoms. The number of nitrogens with zero attached hydrogens (tertiary/aromatic N) is 1. The number of nitrogens with two attached hydrogens (primary N) is 1. The van der Waals surface area contributed by atoms with Crippen molar-refractivity contribution < 1.29 is 18.7 Å². The van der Waals surface area contributed by atoms with Crippen molar-refractivity contribution in [1.29, 1.82) is 0 Å². The van der Waals surface area contributed by atoms with Gasteiger partial charge in [-0.1, -0.05) is 0 Å². The number of carbonyl (C=O) groups excluding carboxylic acids is 1. The number of hydrogen-bond acceptors (Lipinski definition) is 5. The fourth-order valence-electron chi connectivity index (χ4n) is 1.71. The molecule has 0 aliphatic heterocycles. The first-order valence-electron chi connectivity index (χ1n) is 5.99. The molecule has 0 bridgehead atoms. The van der Waals surface area contributed by atoms with Crippen LogP contribution < -0.4 is 20.5 Å². The van der Waals surface area contributed by atoms with Crippen LogP contribution in [0.1, 0.15) is 10.4 Å². The van der Waals surface area contributed by atoms with Gasteiger partial charge in [0.1, 0.15) is 23.1 Å². The third-order valence-corrected chi connectivity index (χ3v) is 2.78. The lowest BCUT2D eigenvalue weighted by atomic mass is 10.1. The van der Waals surface area contributed by atoms with E-state index in [1.54, 1.807) is 6.07 Å². The van der Waals surface area contributed by atoms with Crippen LogP contribution in [0.4, 0.5) is 15.9 Å². The molecule has 0 fully saturated rings. The lowest BCUT2D eigenvalue weighted by Crippen LogP contribution is -2.15. The topological polar surface area (TPSA) is 86.5 Å². The maximum atomic E-state index is 12.8. The molecule has 0 aliphatic carbocycles. The van der Waals surface area contributed by atoms with Crippen molar-refractivity contribution >= 4 is 17.4 Å². The van der Waals surface area contributed by atoms with Gasteiger partial charge in [0.05, 0.1) is 31.7 Å². The fraction of sp³-hybridized carbons (Fsp3) is 0.143. The lowest BCUT2D eigenvalue weighted by Gasteiger charge is -2.12. The molecule has 0 spiro atoms. The van der Waals surface area contributed by atoms with E-state index < -0.39 is 11.7 Å². The van der Waals surface area contributed by atoms with Crippen LogP contribution in [0.5, 0.6) is 11.5 Å². The van der Waals surface area contributed by atoms with Gasteiger partial charge in [0, 0.05) is 6.07 Å². The summed E-state index contributed by atoms with van der Waals surface area (Å²) >= 11 is 0. The number of benzene rings is 1. The number of hydrogen-bond donors (Lipinski definition) is 2. The third-order valence-electron chi connectivity index (χ3n) is 2.78. The molecular formula is C14H14FN3O3. The number of rotatable bonds is 4. The molecule has 7 heteroatoms. The minimum atomic E-state index is -0.496. The number of carbonyl (C=O) groups is 1. The van der Waals surface area contributed by atoms with Gasteiger partial charge in [-0.3, -0.25) is 4.79 Å². The predicted octanol–water partition coefficient (Wildman–Crippen LogP) is 2.07. The van der Waals surface area contributed by atoms with E-state index in [1.807, 2.05) is 0 Å². The number of pyridine rings is 1. The summed E-state index contributed by atoms with van der Waals surface area (Å²) in [5, 5.41) is 2.52. The highest BCUT2D eigenvalue weighted by Gasteiger charge is 2.16. The van der Waals surface area contributed by atoms with Gasteiger partial charge in [-0.05, 0) is 18.2 Å². The second kappa shape index (κ2) is 6.08. The summed E-state index contributed by atoms with van der Waals surface area (Å²) in [6.07, 6.45) is 1.01. The number of ether oxygens (including phenoxy) is 2. The van der Waals surface area contributed by atoms with Crippen molar-refractivity contribution in [2.45, 2.75) is 0 Å². The Morgan fingerprint density at radius 1 is 1.29 bits per heavy atom. The number of anilines is 2. The second-order valence-electron chi connectivity index (χ2n) is 4.11. The lowest BCUT2D eigenvalue weighted by molar-refractivity contribution is 0.102. The molecule has 6 nitrogen and oxygen atoms in total. The summed E-state index contributed by atoms with van der Waals surface area (Å²) in [5.41, 5.74) is 6.23. The zero-order valence-electron chi connectivity index (χ0n) is 11.5. The summed E-state index contributed by atoms with van der Waals surface area (Å²) in [7, 11) is 2.91. The van der Waals surface area contributed by atoms with Gasteiger partial charge in [0.25, 0.3) is 5.91 Å². The van der Waals surface area contributed by atoms with Crippen molar-refractivity contribution in [1.82, 2.24) is 4.98 Å². The van der Waals surface area contributed by atoms with Gasteiger partial charge < -0.3 is 20.5 Å². The first-order valence-corrected chi connectivity index (χ1v) is 5.99. The Morgan fingerprint density at radius 3 is 2.62 bits per heavy atom.